The van der Waals surface area contributed by atoms with Gasteiger partial charge < -0.3 is 15.7 Å². The number of aromatic nitrogens is 4. The van der Waals surface area contributed by atoms with Gasteiger partial charge in [-0.3, -0.25) is 9.78 Å². The number of benzene rings is 1. The summed E-state index contributed by atoms with van der Waals surface area (Å²) in [6.45, 7) is 5.82. The van der Waals surface area contributed by atoms with E-state index in [9.17, 15) is 9.90 Å². The number of rotatable bonds is 8. The van der Waals surface area contributed by atoms with Crippen LogP contribution in [0.25, 0.3) is 16.9 Å². The van der Waals surface area contributed by atoms with Crippen molar-refractivity contribution in [2.45, 2.75) is 55.2 Å². The first kappa shape index (κ1) is 23.3. The van der Waals surface area contributed by atoms with Gasteiger partial charge in [-0.1, -0.05) is 17.8 Å². The van der Waals surface area contributed by atoms with Crippen molar-refractivity contribution in [3.8, 4) is 11.3 Å². The topological polar surface area (TPSA) is 104 Å². The summed E-state index contributed by atoms with van der Waals surface area (Å²) in [7, 11) is 0. The summed E-state index contributed by atoms with van der Waals surface area (Å²) in [6, 6.07) is 11.9. The predicted molar refractivity (Wildman–Crippen MR) is 137 cm³/mol. The second-order valence-electron chi connectivity index (χ2n) is 9.50. The zero-order valence-electron chi connectivity index (χ0n) is 19.9. The van der Waals surface area contributed by atoms with Gasteiger partial charge in [0.15, 0.2) is 5.65 Å². The Bertz CT molecular complexity index is 1380. The number of nitrogens with zero attached hydrogens (tertiary/aromatic N) is 4. The van der Waals surface area contributed by atoms with E-state index in [4.69, 9.17) is 5.10 Å². The minimum Gasteiger partial charge on any atom is -0.389 e. The number of nitrogens with one attached hydrogen (secondary N) is 2. The maximum Gasteiger partial charge on any atom is 0.251 e. The van der Waals surface area contributed by atoms with Crippen LogP contribution in [0.3, 0.4) is 0 Å². The van der Waals surface area contributed by atoms with Crippen LogP contribution in [0.5, 0.6) is 0 Å². The van der Waals surface area contributed by atoms with E-state index in [-0.39, 0.29) is 5.91 Å². The number of pyridine rings is 1. The molecule has 1 saturated carbocycles. The molecule has 0 bridgehead atoms. The van der Waals surface area contributed by atoms with Crippen LogP contribution in [0.1, 0.15) is 42.6 Å². The standard InChI is InChI=1S/C26H28N6O2S/c1-16-12-17(4-7-20(16)25(33)30-18-5-6-18)22-14-28-24-21(29-15-26(2,3)34)13-23(31-32(22)24)35-19-8-10-27-11-9-19/h4,7-14,18,29,34H,5-6,15H2,1-3H3,(H,30,33). The molecule has 1 aliphatic rings. The molecule has 1 amide bonds. The van der Waals surface area contributed by atoms with Gasteiger partial charge in [0.25, 0.3) is 5.91 Å². The quantitative estimate of drug-likeness (QED) is 0.339. The molecule has 0 spiro atoms. The number of imidazole rings is 1. The minimum absolute atomic E-state index is 0.0260. The average molecular weight is 489 g/mol. The van der Waals surface area contributed by atoms with E-state index in [2.05, 4.69) is 20.6 Å². The van der Waals surface area contributed by atoms with Crippen molar-refractivity contribution in [1.29, 1.82) is 0 Å². The molecule has 0 aliphatic heterocycles. The highest BCUT2D eigenvalue weighted by Crippen LogP contribution is 2.32. The van der Waals surface area contributed by atoms with E-state index >= 15 is 0 Å². The maximum absolute atomic E-state index is 12.6. The summed E-state index contributed by atoms with van der Waals surface area (Å²) in [4.78, 5) is 22.3. The van der Waals surface area contributed by atoms with Gasteiger partial charge in [0.2, 0.25) is 0 Å². The molecule has 180 valence electrons. The number of carbonyl (C=O) groups is 1. The Labute approximate surface area is 208 Å². The normalized spacial score (nSPS) is 13.7. The number of carbonyl (C=O) groups excluding carboxylic acids is 1. The molecule has 0 radical (unpaired) electrons. The second-order valence-corrected chi connectivity index (χ2v) is 10.6. The van der Waals surface area contributed by atoms with Crippen molar-refractivity contribution in [3.05, 3.63) is 66.1 Å². The van der Waals surface area contributed by atoms with Gasteiger partial charge >= 0.3 is 0 Å². The summed E-state index contributed by atoms with van der Waals surface area (Å²) >= 11 is 1.52. The first-order valence-electron chi connectivity index (χ1n) is 11.6. The average Bonchev–Trinajstić information content (AvgIpc) is 3.53. The summed E-state index contributed by atoms with van der Waals surface area (Å²) < 4.78 is 1.81. The summed E-state index contributed by atoms with van der Waals surface area (Å²) in [5.74, 6) is -0.0260. The van der Waals surface area contributed by atoms with Crippen LogP contribution >= 0.6 is 11.8 Å². The van der Waals surface area contributed by atoms with Crippen LogP contribution in [-0.4, -0.2) is 48.8 Å². The molecular formula is C26H28N6O2S. The highest BCUT2D eigenvalue weighted by molar-refractivity contribution is 7.99. The molecule has 0 atom stereocenters. The molecule has 3 heterocycles. The Balaban J connectivity index is 1.53. The second kappa shape index (κ2) is 9.31. The highest BCUT2D eigenvalue weighted by Gasteiger charge is 2.24. The number of hydrogen-bond acceptors (Lipinski definition) is 7. The van der Waals surface area contributed by atoms with Crippen LogP contribution in [0.2, 0.25) is 0 Å². The van der Waals surface area contributed by atoms with Crippen molar-refractivity contribution in [2.24, 2.45) is 0 Å². The molecule has 0 saturated heterocycles. The van der Waals surface area contributed by atoms with E-state index in [1.54, 1.807) is 32.4 Å². The third kappa shape index (κ3) is 5.47. The third-order valence-electron chi connectivity index (χ3n) is 5.71. The predicted octanol–water partition coefficient (Wildman–Crippen LogP) is 4.33. The van der Waals surface area contributed by atoms with Gasteiger partial charge in [0, 0.05) is 41.0 Å². The lowest BCUT2D eigenvalue weighted by Crippen LogP contribution is -2.29. The lowest BCUT2D eigenvalue weighted by atomic mass is 10.0. The summed E-state index contributed by atoms with van der Waals surface area (Å²) in [5, 5.41) is 22.3. The molecule has 8 nitrogen and oxygen atoms in total. The Morgan fingerprint density at radius 1 is 1.20 bits per heavy atom. The number of hydrogen-bond donors (Lipinski definition) is 3. The Morgan fingerprint density at radius 3 is 2.66 bits per heavy atom. The van der Waals surface area contributed by atoms with E-state index < -0.39 is 5.60 Å². The van der Waals surface area contributed by atoms with Gasteiger partial charge in [-0.05, 0) is 69.5 Å². The fraction of sp³-hybridized carbons (Fsp3) is 0.308. The zero-order valence-corrected chi connectivity index (χ0v) is 20.8. The van der Waals surface area contributed by atoms with Crippen molar-refractivity contribution < 1.29 is 9.90 Å². The fourth-order valence-corrected chi connectivity index (χ4v) is 4.53. The van der Waals surface area contributed by atoms with E-state index in [1.165, 1.54) is 11.8 Å². The first-order valence-corrected chi connectivity index (χ1v) is 12.4. The van der Waals surface area contributed by atoms with Gasteiger partial charge in [0.1, 0.15) is 5.03 Å². The fourth-order valence-electron chi connectivity index (χ4n) is 3.73. The number of fused-ring (bicyclic) bond motifs is 1. The van der Waals surface area contributed by atoms with E-state index in [0.717, 1.165) is 45.3 Å². The van der Waals surface area contributed by atoms with Gasteiger partial charge in [0.05, 0.1) is 23.2 Å². The van der Waals surface area contributed by atoms with E-state index in [1.807, 2.05) is 47.8 Å². The molecule has 9 heteroatoms. The van der Waals surface area contributed by atoms with E-state index in [0.29, 0.717) is 23.8 Å². The number of anilines is 1. The smallest absolute Gasteiger partial charge is 0.251 e. The molecule has 0 unspecified atom stereocenters. The van der Waals surface area contributed by atoms with Crippen molar-refractivity contribution in [2.75, 3.05) is 11.9 Å². The SMILES string of the molecule is Cc1cc(-c2cnc3c(NCC(C)(C)O)cc(Sc4ccncc4)nn23)ccc1C(=O)NC1CC1. The summed E-state index contributed by atoms with van der Waals surface area (Å²) in [6.07, 6.45) is 7.40. The number of amides is 1. The maximum atomic E-state index is 12.6. The third-order valence-corrected chi connectivity index (χ3v) is 6.62. The molecule has 3 aromatic heterocycles. The Morgan fingerprint density at radius 2 is 1.97 bits per heavy atom. The monoisotopic (exact) mass is 488 g/mol. The summed E-state index contributed by atoms with van der Waals surface area (Å²) in [5.41, 5.74) is 3.88. The highest BCUT2D eigenvalue weighted by atomic mass is 32.2. The van der Waals surface area contributed by atoms with Gasteiger partial charge in [-0.15, -0.1) is 0 Å². The number of aryl methyl sites for hydroxylation is 1. The molecule has 1 aromatic carbocycles. The first-order chi connectivity index (χ1) is 16.8. The molecule has 1 fully saturated rings. The lowest BCUT2D eigenvalue weighted by molar-refractivity contribution is 0.0940. The van der Waals surface area contributed by atoms with Crippen molar-refractivity contribution in [3.63, 3.8) is 0 Å². The van der Waals surface area contributed by atoms with Crippen LogP contribution < -0.4 is 10.6 Å². The van der Waals surface area contributed by atoms with Crippen molar-refractivity contribution >= 4 is 29.0 Å². The van der Waals surface area contributed by atoms with Crippen LogP contribution in [0, 0.1) is 6.92 Å². The molecule has 3 N–H and O–H groups in total. The zero-order chi connectivity index (χ0) is 24.6. The van der Waals surface area contributed by atoms with Gasteiger partial charge in [-0.2, -0.15) is 5.10 Å². The molecule has 4 aromatic rings. The molecular weight excluding hydrogens is 460 g/mol. The Kier molecular flexibility index (Phi) is 6.21. The van der Waals surface area contributed by atoms with Crippen LogP contribution in [0.15, 0.2) is 64.9 Å². The van der Waals surface area contributed by atoms with Crippen LogP contribution in [0.4, 0.5) is 5.69 Å². The lowest BCUT2D eigenvalue weighted by Gasteiger charge is -2.19. The molecule has 1 aliphatic carbocycles. The minimum atomic E-state index is -0.887. The Hall–Kier alpha value is -3.43. The van der Waals surface area contributed by atoms with Gasteiger partial charge in [-0.25, -0.2) is 9.50 Å². The molecule has 35 heavy (non-hydrogen) atoms. The van der Waals surface area contributed by atoms with Crippen LogP contribution in [-0.2, 0) is 0 Å². The largest absolute Gasteiger partial charge is 0.389 e. The van der Waals surface area contributed by atoms with Crippen molar-refractivity contribution in [1.82, 2.24) is 24.9 Å². The molecule has 5 rings (SSSR count). The number of aliphatic hydroxyl groups is 1.